The first-order chi connectivity index (χ1) is 11.3. The average molecular weight is 349 g/mol. The maximum Gasteiger partial charge on any atom is 0.323 e. The maximum absolute atomic E-state index is 12.4. The Morgan fingerprint density at radius 2 is 2.12 bits per heavy atom. The number of rotatable bonds is 6. The minimum Gasteiger partial charge on any atom is -0.480 e. The summed E-state index contributed by atoms with van der Waals surface area (Å²) in [7, 11) is 0. The lowest BCUT2D eigenvalue weighted by Crippen LogP contribution is -2.40. The van der Waals surface area contributed by atoms with Gasteiger partial charge in [-0.1, -0.05) is 12.1 Å². The van der Waals surface area contributed by atoms with E-state index in [0.29, 0.717) is 10.6 Å². The number of aliphatic carboxylic acids is 1. The Morgan fingerprint density at radius 3 is 2.71 bits per heavy atom. The topological polar surface area (TPSA) is 114 Å². The van der Waals surface area contributed by atoms with Gasteiger partial charge < -0.3 is 10.0 Å². The van der Waals surface area contributed by atoms with Crippen molar-refractivity contribution in [3.05, 3.63) is 45.5 Å². The number of nitro benzene ring substituents is 1. The minimum atomic E-state index is -1.11. The van der Waals surface area contributed by atoms with Crippen LogP contribution in [0.2, 0.25) is 0 Å². The lowest BCUT2D eigenvalue weighted by Gasteiger charge is -2.23. The van der Waals surface area contributed by atoms with Crippen molar-refractivity contribution in [2.24, 2.45) is 0 Å². The first-order valence-corrected chi connectivity index (χ1v) is 7.90. The van der Waals surface area contributed by atoms with Crippen LogP contribution in [0.1, 0.15) is 24.3 Å². The number of aromatic nitrogens is 1. The van der Waals surface area contributed by atoms with E-state index in [2.05, 4.69) is 4.98 Å². The first-order valence-electron chi connectivity index (χ1n) is 7.02. The monoisotopic (exact) mass is 349 g/mol. The molecule has 24 heavy (non-hydrogen) atoms. The van der Waals surface area contributed by atoms with Gasteiger partial charge in [0.25, 0.3) is 11.6 Å². The van der Waals surface area contributed by atoms with Crippen molar-refractivity contribution < 1.29 is 19.6 Å². The number of hydrogen-bond acceptors (Lipinski definition) is 6. The molecule has 0 aliphatic heterocycles. The number of nitrogens with zero attached hydrogens (tertiary/aromatic N) is 3. The second-order valence-electron chi connectivity index (χ2n) is 5.27. The molecule has 2 rings (SSSR count). The molecule has 9 heteroatoms. The Morgan fingerprint density at radius 1 is 1.42 bits per heavy atom. The van der Waals surface area contributed by atoms with Crippen LogP contribution in [0, 0.1) is 10.1 Å². The fourth-order valence-electron chi connectivity index (χ4n) is 2.04. The number of nitro groups is 1. The summed E-state index contributed by atoms with van der Waals surface area (Å²) < 4.78 is 0. The molecule has 1 aromatic carbocycles. The Balaban J connectivity index is 2.29. The average Bonchev–Trinajstić information content (AvgIpc) is 3.01. The van der Waals surface area contributed by atoms with Crippen LogP contribution in [0.4, 0.5) is 5.69 Å². The Labute approximate surface area is 141 Å². The molecule has 1 aromatic heterocycles. The van der Waals surface area contributed by atoms with Crippen molar-refractivity contribution in [1.82, 2.24) is 9.88 Å². The molecule has 0 unspecified atom stereocenters. The van der Waals surface area contributed by atoms with Crippen molar-refractivity contribution in [2.45, 2.75) is 19.9 Å². The van der Waals surface area contributed by atoms with E-state index < -0.39 is 23.3 Å². The van der Waals surface area contributed by atoms with Gasteiger partial charge in [-0.2, -0.15) is 0 Å². The SMILES string of the molecule is CC(C)N(CC(=O)O)C(=O)c1csc(-c2cccc([N+](=O)[O-])c2)n1. The standard InChI is InChI=1S/C15H15N3O5S/c1-9(2)17(7-13(19)20)15(21)12-8-24-14(16-12)10-4-3-5-11(6-10)18(22)23/h3-6,8-9H,7H2,1-2H3,(H,19,20). The highest BCUT2D eigenvalue weighted by Gasteiger charge is 2.23. The van der Waals surface area contributed by atoms with Crippen LogP contribution < -0.4 is 0 Å². The fraction of sp³-hybridized carbons (Fsp3) is 0.267. The predicted molar refractivity (Wildman–Crippen MR) is 88.0 cm³/mol. The molecule has 0 aliphatic carbocycles. The summed E-state index contributed by atoms with van der Waals surface area (Å²) in [4.78, 5) is 39.1. The third kappa shape index (κ3) is 3.93. The number of carboxylic acids is 1. The number of carbonyl (C=O) groups excluding carboxylic acids is 1. The van der Waals surface area contributed by atoms with E-state index in [4.69, 9.17) is 5.11 Å². The van der Waals surface area contributed by atoms with Crippen LogP contribution in [0.3, 0.4) is 0 Å². The lowest BCUT2D eigenvalue weighted by molar-refractivity contribution is -0.384. The number of amides is 1. The van der Waals surface area contributed by atoms with Gasteiger partial charge in [0.1, 0.15) is 17.2 Å². The molecule has 0 aliphatic rings. The van der Waals surface area contributed by atoms with E-state index in [1.807, 2.05) is 0 Å². The smallest absolute Gasteiger partial charge is 0.323 e. The lowest BCUT2D eigenvalue weighted by atomic mass is 10.2. The van der Waals surface area contributed by atoms with Gasteiger partial charge in [-0.25, -0.2) is 4.98 Å². The number of hydrogen-bond donors (Lipinski definition) is 1. The van der Waals surface area contributed by atoms with Crippen LogP contribution in [-0.4, -0.2) is 44.4 Å². The largest absolute Gasteiger partial charge is 0.480 e. The number of non-ortho nitro benzene ring substituents is 1. The van der Waals surface area contributed by atoms with Crippen molar-refractivity contribution in [3.8, 4) is 10.6 Å². The Kier molecular flexibility index (Phi) is 5.24. The molecular weight excluding hydrogens is 334 g/mol. The molecular formula is C15H15N3O5S. The van der Waals surface area contributed by atoms with Gasteiger partial charge >= 0.3 is 5.97 Å². The summed E-state index contributed by atoms with van der Waals surface area (Å²) in [6, 6.07) is 5.66. The number of benzene rings is 1. The van der Waals surface area contributed by atoms with Gasteiger partial charge in [-0.05, 0) is 13.8 Å². The van der Waals surface area contributed by atoms with Gasteiger partial charge in [-0.3, -0.25) is 19.7 Å². The van der Waals surface area contributed by atoms with Crippen LogP contribution in [-0.2, 0) is 4.79 Å². The van der Waals surface area contributed by atoms with Gasteiger partial charge in [-0.15, -0.1) is 11.3 Å². The molecule has 126 valence electrons. The molecule has 0 saturated heterocycles. The summed E-state index contributed by atoms with van der Waals surface area (Å²) in [5.41, 5.74) is 0.587. The first kappa shape index (κ1) is 17.5. The summed E-state index contributed by atoms with van der Waals surface area (Å²) in [6.45, 7) is 3.02. The highest BCUT2D eigenvalue weighted by Crippen LogP contribution is 2.27. The van der Waals surface area contributed by atoms with E-state index in [1.54, 1.807) is 26.0 Å². The van der Waals surface area contributed by atoms with Crippen LogP contribution in [0.5, 0.6) is 0 Å². The maximum atomic E-state index is 12.4. The fourth-order valence-corrected chi connectivity index (χ4v) is 2.83. The van der Waals surface area contributed by atoms with Gasteiger partial charge in [0.15, 0.2) is 0 Å². The zero-order valence-corrected chi connectivity index (χ0v) is 13.8. The Hall–Kier alpha value is -2.81. The summed E-state index contributed by atoms with van der Waals surface area (Å²) in [5.74, 6) is -1.59. The van der Waals surface area contributed by atoms with Gasteiger partial charge in [0, 0.05) is 29.1 Å². The quantitative estimate of drug-likeness (QED) is 0.633. The van der Waals surface area contributed by atoms with Crippen molar-refractivity contribution >= 4 is 28.9 Å². The Bertz CT molecular complexity index is 787. The van der Waals surface area contributed by atoms with Crippen LogP contribution >= 0.6 is 11.3 Å². The molecule has 0 spiro atoms. The second kappa shape index (κ2) is 7.18. The number of carboxylic acid groups (broad SMARTS) is 1. The van der Waals surface area contributed by atoms with E-state index in [0.717, 1.165) is 0 Å². The molecule has 1 heterocycles. The summed E-state index contributed by atoms with van der Waals surface area (Å²) >= 11 is 1.17. The van der Waals surface area contributed by atoms with E-state index in [1.165, 1.54) is 33.7 Å². The van der Waals surface area contributed by atoms with Crippen molar-refractivity contribution in [3.63, 3.8) is 0 Å². The highest BCUT2D eigenvalue weighted by atomic mass is 32.1. The second-order valence-corrected chi connectivity index (χ2v) is 6.12. The van der Waals surface area contributed by atoms with Crippen LogP contribution in [0.25, 0.3) is 10.6 Å². The van der Waals surface area contributed by atoms with Crippen molar-refractivity contribution in [2.75, 3.05) is 6.54 Å². The third-order valence-corrected chi connectivity index (χ3v) is 4.11. The summed E-state index contributed by atoms with van der Waals surface area (Å²) in [5, 5.41) is 21.7. The minimum absolute atomic E-state index is 0.0646. The molecule has 0 atom stereocenters. The normalized spacial score (nSPS) is 10.6. The molecule has 0 radical (unpaired) electrons. The van der Waals surface area contributed by atoms with E-state index in [9.17, 15) is 19.7 Å². The number of carbonyl (C=O) groups is 2. The molecule has 2 aromatic rings. The molecule has 1 amide bonds. The van der Waals surface area contributed by atoms with Gasteiger partial charge in [0.2, 0.25) is 0 Å². The molecule has 0 saturated carbocycles. The van der Waals surface area contributed by atoms with E-state index >= 15 is 0 Å². The molecule has 8 nitrogen and oxygen atoms in total. The zero-order valence-electron chi connectivity index (χ0n) is 13.0. The molecule has 0 bridgehead atoms. The number of thiazole rings is 1. The summed E-state index contributed by atoms with van der Waals surface area (Å²) in [6.07, 6.45) is 0. The van der Waals surface area contributed by atoms with E-state index in [-0.39, 0.29) is 17.4 Å². The highest BCUT2D eigenvalue weighted by molar-refractivity contribution is 7.13. The zero-order chi connectivity index (χ0) is 17.9. The third-order valence-electron chi connectivity index (χ3n) is 3.22. The predicted octanol–water partition coefficient (Wildman–Crippen LogP) is 2.65. The van der Waals surface area contributed by atoms with Crippen LogP contribution in [0.15, 0.2) is 29.6 Å². The molecule has 0 fully saturated rings. The van der Waals surface area contributed by atoms with Gasteiger partial charge in [0.05, 0.1) is 4.92 Å². The van der Waals surface area contributed by atoms with Crippen molar-refractivity contribution in [1.29, 1.82) is 0 Å². The molecule has 1 N–H and O–H groups in total.